The lowest BCUT2D eigenvalue weighted by atomic mass is 9.97. The molecule has 1 saturated heterocycles. The van der Waals surface area contributed by atoms with Crippen molar-refractivity contribution in [2.45, 2.75) is 18.8 Å². The van der Waals surface area contributed by atoms with E-state index in [0.717, 1.165) is 18.7 Å². The number of amides is 1. The van der Waals surface area contributed by atoms with E-state index in [2.05, 4.69) is 4.98 Å². The van der Waals surface area contributed by atoms with Gasteiger partial charge in [0.1, 0.15) is 11.4 Å². The number of fused-ring (bicyclic) bond motifs is 1. The Labute approximate surface area is 144 Å². The van der Waals surface area contributed by atoms with Crippen molar-refractivity contribution in [1.29, 1.82) is 0 Å². The number of carbonyl (C=O) groups excluding carboxylic acids is 1. The number of hydrogen-bond donors (Lipinski definition) is 0. The Balaban J connectivity index is 1.62. The minimum Gasteiger partial charge on any atom is -0.451 e. The summed E-state index contributed by atoms with van der Waals surface area (Å²) in [5.74, 6) is 1.05. The third-order valence-electron chi connectivity index (χ3n) is 4.78. The summed E-state index contributed by atoms with van der Waals surface area (Å²) in [7, 11) is 1.96. The maximum absolute atomic E-state index is 12.9. The molecule has 1 amide bonds. The van der Waals surface area contributed by atoms with Gasteiger partial charge in [-0.15, -0.1) is 0 Å². The van der Waals surface area contributed by atoms with Gasteiger partial charge in [0.15, 0.2) is 11.2 Å². The van der Waals surface area contributed by atoms with E-state index in [0.29, 0.717) is 24.1 Å². The molecule has 128 valence electrons. The summed E-state index contributed by atoms with van der Waals surface area (Å²) in [4.78, 5) is 31.3. The summed E-state index contributed by atoms with van der Waals surface area (Å²) in [5, 5.41) is 0.489. The van der Waals surface area contributed by atoms with E-state index in [-0.39, 0.29) is 23.0 Å². The maximum atomic E-state index is 12.9. The van der Waals surface area contributed by atoms with E-state index in [9.17, 15) is 9.59 Å². The van der Waals surface area contributed by atoms with Crippen LogP contribution < -0.4 is 5.43 Å². The van der Waals surface area contributed by atoms with Crippen molar-refractivity contribution in [3.05, 3.63) is 64.5 Å². The first-order valence-electron chi connectivity index (χ1n) is 8.43. The molecule has 3 heterocycles. The van der Waals surface area contributed by atoms with Crippen LogP contribution >= 0.6 is 0 Å². The lowest BCUT2D eigenvalue weighted by molar-refractivity contribution is 0.0672. The predicted molar refractivity (Wildman–Crippen MR) is 93.6 cm³/mol. The second-order valence-electron chi connectivity index (χ2n) is 6.46. The predicted octanol–water partition coefficient (Wildman–Crippen LogP) is 2.55. The van der Waals surface area contributed by atoms with E-state index in [1.54, 1.807) is 35.4 Å². The average molecular weight is 337 g/mol. The highest BCUT2D eigenvalue weighted by Gasteiger charge is 2.29. The zero-order valence-corrected chi connectivity index (χ0v) is 14.0. The van der Waals surface area contributed by atoms with Crippen molar-refractivity contribution in [3.8, 4) is 0 Å². The molecule has 0 bridgehead atoms. The Hall–Kier alpha value is -2.89. The first-order valence-corrected chi connectivity index (χ1v) is 8.43. The molecule has 2 aromatic heterocycles. The first-order chi connectivity index (χ1) is 12.1. The molecule has 0 unspecified atom stereocenters. The van der Waals surface area contributed by atoms with Crippen LogP contribution in [0, 0.1) is 0 Å². The molecule has 1 atom stereocenters. The van der Waals surface area contributed by atoms with Gasteiger partial charge in [0, 0.05) is 44.5 Å². The minimum atomic E-state index is -0.234. The fourth-order valence-corrected chi connectivity index (χ4v) is 3.51. The normalized spacial score (nSPS) is 17.8. The number of imidazole rings is 1. The molecular weight excluding hydrogens is 318 g/mol. The molecule has 6 nitrogen and oxygen atoms in total. The molecule has 0 spiro atoms. The standard InChI is InChI=1S/C19H19N3O3/c1-21-10-8-20-18(21)13-5-4-9-22(12-13)19(24)17-11-15(23)14-6-2-3-7-16(14)25-17/h2-3,6-8,10-11,13H,4-5,9,12H2,1H3/t13-/m0/s1. The van der Waals surface area contributed by atoms with Gasteiger partial charge in [0.2, 0.25) is 0 Å². The Bertz CT molecular complexity index is 989. The zero-order valence-electron chi connectivity index (χ0n) is 14.0. The van der Waals surface area contributed by atoms with Gasteiger partial charge < -0.3 is 13.9 Å². The van der Waals surface area contributed by atoms with Crippen molar-refractivity contribution in [2.24, 2.45) is 7.05 Å². The fourth-order valence-electron chi connectivity index (χ4n) is 3.51. The quantitative estimate of drug-likeness (QED) is 0.721. The Morgan fingerprint density at radius 3 is 2.96 bits per heavy atom. The lowest BCUT2D eigenvalue weighted by Gasteiger charge is -2.32. The number of para-hydroxylation sites is 1. The van der Waals surface area contributed by atoms with Gasteiger partial charge in [-0.3, -0.25) is 9.59 Å². The summed E-state index contributed by atoms with van der Waals surface area (Å²) >= 11 is 0. The van der Waals surface area contributed by atoms with Crippen LogP contribution in [0.1, 0.15) is 35.1 Å². The maximum Gasteiger partial charge on any atom is 0.289 e. The van der Waals surface area contributed by atoms with E-state index >= 15 is 0 Å². The molecular formula is C19H19N3O3. The monoisotopic (exact) mass is 337 g/mol. The molecule has 0 radical (unpaired) electrons. The molecule has 1 fully saturated rings. The lowest BCUT2D eigenvalue weighted by Crippen LogP contribution is -2.40. The molecule has 0 N–H and O–H groups in total. The molecule has 3 aromatic rings. The van der Waals surface area contributed by atoms with Gasteiger partial charge in [0.25, 0.3) is 5.91 Å². The number of piperidine rings is 1. The number of carbonyl (C=O) groups is 1. The molecule has 1 aromatic carbocycles. The van der Waals surface area contributed by atoms with Crippen molar-refractivity contribution in [3.63, 3.8) is 0 Å². The van der Waals surface area contributed by atoms with Crippen LogP contribution in [0.15, 0.2) is 51.9 Å². The van der Waals surface area contributed by atoms with Crippen molar-refractivity contribution in [1.82, 2.24) is 14.5 Å². The van der Waals surface area contributed by atoms with E-state index in [1.165, 1.54) is 6.07 Å². The Morgan fingerprint density at radius 1 is 1.32 bits per heavy atom. The van der Waals surface area contributed by atoms with Crippen molar-refractivity contribution in [2.75, 3.05) is 13.1 Å². The van der Waals surface area contributed by atoms with Crippen LogP contribution in [0.4, 0.5) is 0 Å². The summed E-state index contributed by atoms with van der Waals surface area (Å²) < 4.78 is 7.69. The molecule has 25 heavy (non-hydrogen) atoms. The summed E-state index contributed by atoms with van der Waals surface area (Å²) in [6, 6.07) is 8.28. The van der Waals surface area contributed by atoms with Gasteiger partial charge in [0.05, 0.1) is 5.39 Å². The van der Waals surface area contributed by atoms with Crippen molar-refractivity contribution < 1.29 is 9.21 Å². The van der Waals surface area contributed by atoms with Gasteiger partial charge in [-0.25, -0.2) is 4.98 Å². The molecule has 6 heteroatoms. The average Bonchev–Trinajstić information content (AvgIpc) is 3.07. The Kier molecular flexibility index (Phi) is 3.87. The molecule has 0 saturated carbocycles. The van der Waals surface area contributed by atoms with E-state index in [1.807, 2.05) is 17.8 Å². The van der Waals surface area contributed by atoms with Gasteiger partial charge >= 0.3 is 0 Å². The number of likely N-dealkylation sites (tertiary alicyclic amines) is 1. The number of benzene rings is 1. The topological polar surface area (TPSA) is 68.3 Å². The minimum absolute atomic E-state index is 0.101. The van der Waals surface area contributed by atoms with E-state index in [4.69, 9.17) is 4.42 Å². The highest BCUT2D eigenvalue weighted by atomic mass is 16.3. The van der Waals surface area contributed by atoms with Crippen molar-refractivity contribution >= 4 is 16.9 Å². The number of aromatic nitrogens is 2. The van der Waals surface area contributed by atoms with Gasteiger partial charge in [-0.1, -0.05) is 12.1 Å². The number of rotatable bonds is 2. The van der Waals surface area contributed by atoms with Crippen LogP contribution in [-0.4, -0.2) is 33.4 Å². The van der Waals surface area contributed by atoms with Crippen LogP contribution in [0.5, 0.6) is 0 Å². The number of hydrogen-bond acceptors (Lipinski definition) is 4. The second kappa shape index (κ2) is 6.20. The van der Waals surface area contributed by atoms with Crippen LogP contribution in [0.3, 0.4) is 0 Å². The SMILES string of the molecule is Cn1ccnc1[C@H]1CCCN(C(=O)c2cc(=O)c3ccccc3o2)C1. The summed E-state index contributed by atoms with van der Waals surface area (Å²) in [5.41, 5.74) is 0.249. The van der Waals surface area contributed by atoms with Crippen LogP contribution in [0.2, 0.25) is 0 Å². The molecule has 0 aliphatic carbocycles. The second-order valence-corrected chi connectivity index (χ2v) is 6.46. The van der Waals surface area contributed by atoms with Crippen LogP contribution in [-0.2, 0) is 7.05 Å². The highest BCUT2D eigenvalue weighted by Crippen LogP contribution is 2.26. The van der Waals surface area contributed by atoms with Gasteiger partial charge in [-0.05, 0) is 25.0 Å². The first kappa shape index (κ1) is 15.6. The van der Waals surface area contributed by atoms with Gasteiger partial charge in [-0.2, -0.15) is 0 Å². The fraction of sp³-hybridized carbons (Fsp3) is 0.316. The number of aryl methyl sites for hydroxylation is 1. The largest absolute Gasteiger partial charge is 0.451 e. The third kappa shape index (κ3) is 2.84. The highest BCUT2D eigenvalue weighted by molar-refractivity contribution is 5.93. The van der Waals surface area contributed by atoms with E-state index < -0.39 is 0 Å². The Morgan fingerprint density at radius 2 is 2.16 bits per heavy atom. The number of nitrogens with zero attached hydrogens (tertiary/aromatic N) is 3. The molecule has 1 aliphatic heterocycles. The summed E-state index contributed by atoms with van der Waals surface area (Å²) in [6.07, 6.45) is 5.59. The molecule has 1 aliphatic rings. The molecule has 4 rings (SSSR count). The summed E-state index contributed by atoms with van der Waals surface area (Å²) in [6.45, 7) is 1.25. The third-order valence-corrected chi connectivity index (χ3v) is 4.78. The zero-order chi connectivity index (χ0) is 17.4. The smallest absolute Gasteiger partial charge is 0.289 e. The van der Waals surface area contributed by atoms with Crippen LogP contribution in [0.25, 0.3) is 11.0 Å².